The Kier molecular flexibility index (Phi) is 9.99. The lowest BCUT2D eigenvalue weighted by atomic mass is 10.1. The molecule has 3 N–H and O–H groups in total. The fourth-order valence-electron chi connectivity index (χ4n) is 4.62. The second kappa shape index (κ2) is 13.8. The molecule has 2 aliphatic rings. The third-order valence-corrected chi connectivity index (χ3v) is 7.00. The van der Waals surface area contributed by atoms with E-state index in [1.165, 1.54) is 5.56 Å². The number of aromatic nitrogens is 1. The van der Waals surface area contributed by atoms with Gasteiger partial charge in [0.05, 0.1) is 0 Å². The van der Waals surface area contributed by atoms with Gasteiger partial charge in [0.1, 0.15) is 24.2 Å². The lowest BCUT2D eigenvalue weighted by Crippen LogP contribution is -2.53. The first-order valence-corrected chi connectivity index (χ1v) is 13.5. The molecule has 9 heteroatoms. The van der Waals surface area contributed by atoms with Crippen LogP contribution in [0.5, 0.6) is 5.75 Å². The molecule has 0 spiro atoms. The summed E-state index contributed by atoms with van der Waals surface area (Å²) in [6.45, 7) is 4.96. The summed E-state index contributed by atoms with van der Waals surface area (Å²) in [5.74, 6) is 0.852. The number of amides is 2. The number of carbonyl (C=O) groups excluding carboxylic acids is 1. The summed E-state index contributed by atoms with van der Waals surface area (Å²) in [6, 6.07) is 12.8. The molecule has 2 aromatic rings. The molecule has 2 aliphatic heterocycles. The van der Waals surface area contributed by atoms with Gasteiger partial charge in [-0.15, -0.1) is 0 Å². The molecular formula is C28H39N5O4. The molecule has 3 heterocycles. The fraction of sp³-hybridized carbons (Fsp3) is 0.536. The molecule has 1 atom stereocenters. The van der Waals surface area contributed by atoms with Crippen molar-refractivity contribution >= 4 is 17.8 Å². The van der Waals surface area contributed by atoms with Crippen molar-refractivity contribution in [3.05, 3.63) is 53.7 Å². The van der Waals surface area contributed by atoms with Gasteiger partial charge in [-0.3, -0.25) is 4.90 Å². The van der Waals surface area contributed by atoms with Crippen molar-refractivity contribution in [3.63, 3.8) is 0 Å². The van der Waals surface area contributed by atoms with E-state index in [0.717, 1.165) is 68.9 Å². The number of benzene rings is 1. The highest BCUT2D eigenvalue weighted by molar-refractivity contribution is 5.82. The van der Waals surface area contributed by atoms with Gasteiger partial charge in [-0.1, -0.05) is 24.3 Å². The highest BCUT2D eigenvalue weighted by Crippen LogP contribution is 2.20. The summed E-state index contributed by atoms with van der Waals surface area (Å²) in [6.07, 6.45) is 6.43. The summed E-state index contributed by atoms with van der Waals surface area (Å²) >= 11 is 0. The van der Waals surface area contributed by atoms with Crippen molar-refractivity contribution in [2.75, 3.05) is 51.2 Å². The average molecular weight is 510 g/mol. The van der Waals surface area contributed by atoms with Gasteiger partial charge < -0.3 is 25.4 Å². The lowest BCUT2D eigenvalue weighted by molar-refractivity contribution is -0.139. The van der Waals surface area contributed by atoms with E-state index in [0.29, 0.717) is 39.2 Å². The zero-order chi connectivity index (χ0) is 25.9. The maximum Gasteiger partial charge on any atom is 0.326 e. The van der Waals surface area contributed by atoms with E-state index in [-0.39, 0.29) is 6.03 Å². The smallest absolute Gasteiger partial charge is 0.326 e. The number of carboxylic acid groups (broad SMARTS) is 1. The van der Waals surface area contributed by atoms with E-state index in [1.807, 2.05) is 30.3 Å². The van der Waals surface area contributed by atoms with Crippen LogP contribution in [-0.2, 0) is 17.6 Å². The van der Waals surface area contributed by atoms with Crippen LogP contribution in [0.4, 0.5) is 10.6 Å². The lowest BCUT2D eigenvalue weighted by Gasteiger charge is -2.32. The number of carbonyl (C=O) groups is 2. The molecule has 1 aromatic heterocycles. The zero-order valence-corrected chi connectivity index (χ0v) is 21.5. The number of ether oxygens (including phenoxy) is 1. The van der Waals surface area contributed by atoms with E-state index >= 15 is 0 Å². The molecule has 200 valence electrons. The molecule has 1 fully saturated rings. The summed E-state index contributed by atoms with van der Waals surface area (Å²) in [5, 5.41) is 15.8. The molecule has 1 unspecified atom stereocenters. The second-order valence-electron chi connectivity index (χ2n) is 9.77. The van der Waals surface area contributed by atoms with Crippen LogP contribution in [-0.4, -0.2) is 83.8 Å². The van der Waals surface area contributed by atoms with Crippen molar-refractivity contribution in [1.29, 1.82) is 0 Å². The number of hydrogen-bond acceptors (Lipinski definition) is 6. The minimum atomic E-state index is -0.999. The number of para-hydroxylation sites is 1. The van der Waals surface area contributed by atoms with Crippen molar-refractivity contribution in [1.82, 2.24) is 20.1 Å². The number of urea groups is 1. The predicted molar refractivity (Wildman–Crippen MR) is 143 cm³/mol. The van der Waals surface area contributed by atoms with Gasteiger partial charge in [-0.2, -0.15) is 0 Å². The van der Waals surface area contributed by atoms with Gasteiger partial charge in [0.2, 0.25) is 0 Å². The predicted octanol–water partition coefficient (Wildman–Crippen LogP) is 3.40. The minimum absolute atomic E-state index is 0.287. The fourth-order valence-corrected chi connectivity index (χ4v) is 4.62. The number of nitrogens with zero attached hydrogens (tertiary/aromatic N) is 3. The number of likely N-dealkylation sites (tertiary alicyclic amines) is 1. The first kappa shape index (κ1) is 26.7. The van der Waals surface area contributed by atoms with Crippen LogP contribution in [0.2, 0.25) is 0 Å². The number of nitrogens with one attached hydrogen (secondary N) is 2. The van der Waals surface area contributed by atoms with E-state index < -0.39 is 12.0 Å². The van der Waals surface area contributed by atoms with Crippen LogP contribution in [0.1, 0.15) is 43.4 Å². The molecule has 1 aromatic carbocycles. The van der Waals surface area contributed by atoms with Crippen LogP contribution in [0.15, 0.2) is 42.5 Å². The van der Waals surface area contributed by atoms with Crippen LogP contribution >= 0.6 is 0 Å². The third kappa shape index (κ3) is 8.35. The Hall–Kier alpha value is -3.33. The maximum atomic E-state index is 12.3. The molecule has 1 saturated heterocycles. The number of pyridine rings is 1. The molecule has 0 bridgehead atoms. The van der Waals surface area contributed by atoms with Crippen molar-refractivity contribution in [3.8, 4) is 5.75 Å². The Morgan fingerprint density at radius 3 is 2.68 bits per heavy atom. The number of rotatable bonds is 14. The summed E-state index contributed by atoms with van der Waals surface area (Å²) in [7, 11) is 0. The molecule has 4 rings (SSSR count). The van der Waals surface area contributed by atoms with E-state index in [1.54, 1.807) is 4.90 Å². The zero-order valence-electron chi connectivity index (χ0n) is 21.5. The Morgan fingerprint density at radius 1 is 1.08 bits per heavy atom. The SMILES string of the molecule is O=C(O)C(CCN(CCCCc1ccc2c(n1)NCCC2)CCOc1ccccc1)NC(=O)N1CCC1. The monoisotopic (exact) mass is 509 g/mol. The number of aliphatic carboxylic acids is 1. The number of unbranched alkanes of at least 4 members (excludes halogenated alkanes) is 1. The topological polar surface area (TPSA) is 107 Å². The van der Waals surface area contributed by atoms with Gasteiger partial charge in [-0.05, 0) is 75.3 Å². The molecule has 0 radical (unpaired) electrons. The van der Waals surface area contributed by atoms with Crippen molar-refractivity contribution in [2.45, 2.75) is 51.0 Å². The molecular weight excluding hydrogens is 470 g/mol. The number of fused-ring (bicyclic) bond motifs is 1. The molecule has 37 heavy (non-hydrogen) atoms. The van der Waals surface area contributed by atoms with Crippen LogP contribution < -0.4 is 15.4 Å². The van der Waals surface area contributed by atoms with Gasteiger partial charge in [0.15, 0.2) is 0 Å². The third-order valence-electron chi connectivity index (χ3n) is 7.00. The average Bonchev–Trinajstić information content (AvgIpc) is 2.87. The van der Waals surface area contributed by atoms with Gasteiger partial charge in [-0.25, -0.2) is 14.6 Å². The molecule has 2 amide bonds. The largest absolute Gasteiger partial charge is 0.492 e. The molecule has 9 nitrogen and oxygen atoms in total. The Morgan fingerprint density at radius 2 is 1.92 bits per heavy atom. The first-order valence-electron chi connectivity index (χ1n) is 13.5. The van der Waals surface area contributed by atoms with E-state index in [4.69, 9.17) is 9.72 Å². The Bertz CT molecular complexity index is 1010. The summed E-state index contributed by atoms with van der Waals surface area (Å²) in [5.41, 5.74) is 2.40. The Balaban J connectivity index is 1.26. The maximum absolute atomic E-state index is 12.3. The normalized spacial score (nSPS) is 15.3. The first-order chi connectivity index (χ1) is 18.1. The quantitative estimate of drug-likeness (QED) is 0.335. The van der Waals surface area contributed by atoms with E-state index in [9.17, 15) is 14.7 Å². The number of carboxylic acids is 1. The number of hydrogen-bond donors (Lipinski definition) is 3. The van der Waals surface area contributed by atoms with E-state index in [2.05, 4.69) is 27.7 Å². The van der Waals surface area contributed by atoms with Crippen molar-refractivity contribution in [2.24, 2.45) is 0 Å². The van der Waals surface area contributed by atoms with Crippen molar-refractivity contribution < 1.29 is 19.4 Å². The number of aryl methyl sites for hydroxylation is 2. The van der Waals surface area contributed by atoms with Crippen LogP contribution in [0.25, 0.3) is 0 Å². The van der Waals surface area contributed by atoms with Crippen LogP contribution in [0.3, 0.4) is 0 Å². The minimum Gasteiger partial charge on any atom is -0.492 e. The second-order valence-corrected chi connectivity index (χ2v) is 9.77. The Labute approximate surface area is 219 Å². The van der Waals surface area contributed by atoms with Gasteiger partial charge in [0, 0.05) is 38.4 Å². The van der Waals surface area contributed by atoms with Gasteiger partial charge in [0.25, 0.3) is 0 Å². The number of anilines is 1. The summed E-state index contributed by atoms with van der Waals surface area (Å²) in [4.78, 5) is 32.7. The highest BCUT2D eigenvalue weighted by atomic mass is 16.5. The standard InChI is InChI=1S/C28H39N5O4/c34-27(35)25(31-28(36)33-17-7-18-33)14-19-32(20-21-37-24-10-2-1-3-11-24)16-5-4-9-23-13-12-22-8-6-15-29-26(22)30-23/h1-3,10-13,25H,4-9,14-21H2,(H,29,30)(H,31,36)(H,34,35). The van der Waals surface area contributed by atoms with Gasteiger partial charge >= 0.3 is 12.0 Å². The molecule has 0 saturated carbocycles. The molecule has 0 aliphatic carbocycles. The highest BCUT2D eigenvalue weighted by Gasteiger charge is 2.26. The van der Waals surface area contributed by atoms with Crippen LogP contribution in [0, 0.1) is 0 Å². The summed E-state index contributed by atoms with van der Waals surface area (Å²) < 4.78 is 5.89.